The Morgan fingerprint density at radius 2 is 0.901 bits per heavy atom. The minimum atomic E-state index is -1.99. The summed E-state index contributed by atoms with van der Waals surface area (Å²) in [5, 5.41) is 96.2. The monoisotopic (exact) mass is 1840 g/mol. The lowest BCUT2D eigenvalue weighted by molar-refractivity contribution is -0.144. The van der Waals surface area contributed by atoms with Crippen LogP contribution in [0.1, 0.15) is 192 Å². The van der Waals surface area contributed by atoms with Crippen LogP contribution < -0.4 is 86.3 Å². The average Bonchev–Trinajstić information content (AvgIpc) is 1.70. The number of H-pyrrole nitrogens is 1. The zero-order valence-electron chi connectivity index (χ0n) is 74.4. The Labute approximate surface area is 755 Å². The molecule has 12 amide bonds. The Bertz CT molecular complexity index is 4540. The van der Waals surface area contributed by atoms with Gasteiger partial charge < -0.3 is 126 Å². The Hall–Kier alpha value is -13.6. The number of guanidine groups is 2. The minimum absolute atomic E-state index is 0.0173. The van der Waals surface area contributed by atoms with Crippen molar-refractivity contribution in [2.75, 3.05) is 39.4 Å². The average molecular weight is 1840 g/mol. The zero-order valence-corrected chi connectivity index (χ0v) is 74.4. The number of carboxylic acids is 5. The van der Waals surface area contributed by atoms with Crippen LogP contribution in [0.3, 0.4) is 0 Å². The van der Waals surface area contributed by atoms with Crippen molar-refractivity contribution in [2.24, 2.45) is 35.0 Å². The molecule has 13 atom stereocenters. The number of aromatic amines is 1. The number of nitrogens with zero attached hydrogens (tertiary/aromatic N) is 1. The Kier molecular flexibility index (Phi) is 46.9. The molecule has 4 rings (SSSR count). The molecular formula is C85H126N20O26. The summed E-state index contributed by atoms with van der Waals surface area (Å²) in [5.74, 6) is -22.6. The van der Waals surface area contributed by atoms with Crippen LogP contribution in [0.15, 0.2) is 54.7 Å². The van der Waals surface area contributed by atoms with Crippen LogP contribution in [0.2, 0.25) is 0 Å². The molecule has 0 bridgehead atoms. The molecule has 2 aromatic carbocycles. The van der Waals surface area contributed by atoms with E-state index in [-0.39, 0.29) is 118 Å². The van der Waals surface area contributed by atoms with Crippen molar-refractivity contribution < 1.29 is 126 Å². The summed E-state index contributed by atoms with van der Waals surface area (Å²) in [6.45, 7) is 10.1. The SMILES string of the molecule is CC(=O)c1ccc(C[C@H](NC(=O)[C@@H](CCC(=O)O)NC(=O)[C@@H](CCC(=O)O)NC(=O)[C@@H](CCC(=O)O)NC(=O)[C@@H](CCC(=O)O)NC(=O)[C@H](N)CCC(=O)O)C(=O)NCCOCC(=O)C[C@@H](CCCNC(=N)N)C(=O)N2CCC[C@H]2C(=O)N[C@@H](CC(C)C)C(=O)N[C@@H](C)C(=O)N[C@@H](CC(C)C)C(=O)N[C@@H](Cc2c[nH]c3ccccc23)C(=O)N[C@@H](CCCNC(=N)N)C(C)=O)cc1. The third kappa shape index (κ3) is 40.8. The summed E-state index contributed by atoms with van der Waals surface area (Å²) in [5.41, 5.74) is 18.7. The molecule has 0 saturated carbocycles. The number of amides is 12. The number of carbonyl (C=O) groups is 20. The molecule has 0 radical (unpaired) electrons. The predicted molar refractivity (Wildman–Crippen MR) is 469 cm³/mol. The minimum Gasteiger partial charge on any atom is -0.481 e. The van der Waals surface area contributed by atoms with E-state index in [1.807, 2.05) is 18.2 Å². The van der Waals surface area contributed by atoms with E-state index in [9.17, 15) is 116 Å². The van der Waals surface area contributed by atoms with Gasteiger partial charge >= 0.3 is 29.8 Å². The number of carbonyl (C=O) groups excluding carboxylic acids is 15. The number of nitrogens with one attached hydrogen (secondary N) is 16. The van der Waals surface area contributed by atoms with Crippen molar-refractivity contribution >= 4 is 141 Å². The first-order valence-electron chi connectivity index (χ1n) is 43.1. The second kappa shape index (κ2) is 56.0. The van der Waals surface area contributed by atoms with E-state index in [2.05, 4.69) is 74.1 Å². The summed E-state index contributed by atoms with van der Waals surface area (Å²) in [7, 11) is 0. The first-order chi connectivity index (χ1) is 61.7. The number of hydrogen-bond acceptors (Lipinski definition) is 24. The molecule has 46 nitrogen and oxygen atoms in total. The van der Waals surface area contributed by atoms with Gasteiger partial charge in [-0.15, -0.1) is 0 Å². The molecule has 1 saturated heterocycles. The number of hydrogen-bond donors (Lipinski definition) is 24. The fourth-order valence-electron chi connectivity index (χ4n) is 14.1. The molecule has 1 aromatic heterocycles. The van der Waals surface area contributed by atoms with Crippen molar-refractivity contribution in [1.82, 2.24) is 79.0 Å². The Balaban J connectivity index is 1.51. The standard InChI is InChI=1S/C85H126N20O26/c1-44(2)37-62(79(126)95-46(5)72(119)101-63(38-45(3)4)80(127)103-65(41-52-42-94-57-15-9-8-14-54(52)57)81(128)96-56(48(7)107)16-11-33-93-85(89)90)104-82(129)66-17-12-35-105(66)83(130)51(13-10-32-92-84(87)88)40-53(108)43-131-36-34-91-74(121)64(39-49-18-20-50(21-19-49)47(6)106)102-78(125)61(26-31-71(117)118)100-77(124)60(25-30-70(115)116)99-76(123)59(24-29-69(113)114)98-75(122)58(23-28-68(111)112)97-73(120)55(86)22-27-67(109)110/h8-9,14-15,18-21,42,44-46,51,55-56,58-66,94H,10-13,16-17,22-41,43,86H2,1-7H3,(H,91,121)(H,95,126)(H,96,128)(H,97,120)(H,98,122)(H,99,123)(H,100,124)(H,101,119)(H,102,125)(H,103,127)(H,104,129)(H,109,110)(H,111,112)(H,113,114)(H,115,116)(H,117,118)(H4,87,88,92)(H4,89,90,93)/t46-,51+,55+,56-,58+,59+,60+,61+,62-,63-,64-,65-,66-/m0/s1. The van der Waals surface area contributed by atoms with Gasteiger partial charge in [0, 0.05) is 106 Å². The van der Waals surface area contributed by atoms with Crippen LogP contribution in [0.25, 0.3) is 10.9 Å². The second-order valence-electron chi connectivity index (χ2n) is 32.9. The molecule has 722 valence electrons. The van der Waals surface area contributed by atoms with E-state index in [1.54, 1.807) is 40.0 Å². The highest BCUT2D eigenvalue weighted by Crippen LogP contribution is 2.26. The molecule has 46 heteroatoms. The van der Waals surface area contributed by atoms with E-state index in [0.717, 1.165) is 10.9 Å². The van der Waals surface area contributed by atoms with E-state index in [1.165, 1.54) is 49.9 Å². The maximum absolute atomic E-state index is 14.8. The lowest BCUT2D eigenvalue weighted by Crippen LogP contribution is -2.59. The quantitative estimate of drug-likeness (QED) is 0.0121. The molecule has 3 aromatic rings. The summed E-state index contributed by atoms with van der Waals surface area (Å²) in [6, 6.07) is -5.08. The molecule has 2 heterocycles. The van der Waals surface area contributed by atoms with Gasteiger partial charge in [-0.25, -0.2) is 0 Å². The number of fused-ring (bicyclic) bond motifs is 1. The van der Waals surface area contributed by atoms with Crippen molar-refractivity contribution in [1.29, 1.82) is 10.8 Å². The van der Waals surface area contributed by atoms with Crippen molar-refractivity contribution in [3.63, 3.8) is 0 Å². The van der Waals surface area contributed by atoms with Gasteiger partial charge in [0.1, 0.15) is 67.0 Å². The molecule has 27 N–H and O–H groups in total. The molecule has 0 unspecified atom stereocenters. The predicted octanol–water partition coefficient (Wildman–Crippen LogP) is -2.42. The first-order valence-corrected chi connectivity index (χ1v) is 43.1. The van der Waals surface area contributed by atoms with E-state index >= 15 is 0 Å². The number of likely N-dealkylation sites (tertiary alicyclic amines) is 1. The van der Waals surface area contributed by atoms with Crippen molar-refractivity contribution in [3.05, 3.63) is 71.4 Å². The molecule has 1 fully saturated rings. The van der Waals surface area contributed by atoms with Gasteiger partial charge in [-0.3, -0.25) is 107 Å². The number of ether oxygens (including phenoxy) is 1. The third-order valence-corrected chi connectivity index (χ3v) is 21.0. The van der Waals surface area contributed by atoms with Crippen LogP contribution in [0, 0.1) is 28.6 Å². The van der Waals surface area contributed by atoms with Gasteiger partial charge in [0.2, 0.25) is 70.9 Å². The maximum Gasteiger partial charge on any atom is 0.303 e. The molecule has 0 spiro atoms. The van der Waals surface area contributed by atoms with Gasteiger partial charge in [-0.2, -0.15) is 0 Å². The zero-order chi connectivity index (χ0) is 97.9. The fraction of sp³-hybridized carbons (Fsp3) is 0.576. The van der Waals surface area contributed by atoms with E-state index in [0.29, 0.717) is 24.0 Å². The highest BCUT2D eigenvalue weighted by molar-refractivity contribution is 6.01. The maximum atomic E-state index is 14.8. The number of aliphatic carboxylic acids is 5. The number of nitrogens with two attached hydrogens (primary N) is 3. The van der Waals surface area contributed by atoms with Gasteiger partial charge in [-0.1, -0.05) is 70.2 Å². The number of benzene rings is 2. The Morgan fingerprint density at radius 3 is 1.38 bits per heavy atom. The van der Waals surface area contributed by atoms with Gasteiger partial charge in [-0.05, 0) is 133 Å². The number of ketones is 3. The fourth-order valence-corrected chi connectivity index (χ4v) is 14.1. The number of carboxylic acid groups (broad SMARTS) is 5. The van der Waals surface area contributed by atoms with Crippen LogP contribution in [-0.2, 0) is 109 Å². The third-order valence-electron chi connectivity index (χ3n) is 21.0. The van der Waals surface area contributed by atoms with Gasteiger partial charge in [0.05, 0.1) is 18.7 Å². The van der Waals surface area contributed by atoms with Crippen molar-refractivity contribution in [3.8, 4) is 0 Å². The van der Waals surface area contributed by atoms with Crippen LogP contribution in [0.5, 0.6) is 0 Å². The molecule has 0 aliphatic carbocycles. The molecule has 1 aliphatic rings. The lowest BCUT2D eigenvalue weighted by atomic mass is 9.94. The van der Waals surface area contributed by atoms with E-state index in [4.69, 9.17) is 37.9 Å². The van der Waals surface area contributed by atoms with Crippen molar-refractivity contribution in [2.45, 2.75) is 256 Å². The molecular weight excluding hydrogens is 1720 g/mol. The summed E-state index contributed by atoms with van der Waals surface area (Å²) in [6.07, 6.45) is -5.19. The first kappa shape index (κ1) is 110. The molecule has 1 aliphatic heterocycles. The second-order valence-corrected chi connectivity index (χ2v) is 32.9. The number of rotatable bonds is 62. The van der Waals surface area contributed by atoms with Gasteiger partial charge in [0.25, 0.3) is 0 Å². The number of aromatic nitrogens is 1. The highest BCUT2D eigenvalue weighted by atomic mass is 16.5. The molecule has 131 heavy (non-hydrogen) atoms. The lowest BCUT2D eigenvalue weighted by Gasteiger charge is -2.30. The largest absolute Gasteiger partial charge is 0.481 e. The Morgan fingerprint density at radius 1 is 0.473 bits per heavy atom. The normalized spacial score (nSPS) is 15.0. The van der Waals surface area contributed by atoms with E-state index < -0.39 is 269 Å². The smallest absolute Gasteiger partial charge is 0.303 e. The summed E-state index contributed by atoms with van der Waals surface area (Å²) < 4.78 is 5.68. The van der Waals surface area contributed by atoms with Crippen LogP contribution >= 0.6 is 0 Å². The number of Topliss-reactive ketones (excluding diaryl/α,β-unsaturated/α-hetero) is 3. The summed E-state index contributed by atoms with van der Waals surface area (Å²) >= 11 is 0. The summed E-state index contributed by atoms with van der Waals surface area (Å²) in [4.78, 5) is 272. The topological polar surface area (TPSA) is 753 Å². The van der Waals surface area contributed by atoms with Crippen LogP contribution in [-0.4, -0.2) is 277 Å². The van der Waals surface area contributed by atoms with Crippen LogP contribution in [0.4, 0.5) is 0 Å². The van der Waals surface area contributed by atoms with Gasteiger partial charge in [0.15, 0.2) is 29.3 Å². The highest BCUT2D eigenvalue weighted by Gasteiger charge is 2.41. The number of para-hydroxylation sites is 1.